The monoisotopic (exact) mass is 244 g/mol. The van der Waals surface area contributed by atoms with E-state index in [1.807, 2.05) is 5.32 Å². The predicted octanol–water partition coefficient (Wildman–Crippen LogP) is -1.30. The van der Waals surface area contributed by atoms with E-state index in [0.717, 1.165) is 0 Å². The van der Waals surface area contributed by atoms with Crippen molar-refractivity contribution in [3.05, 3.63) is 0 Å². The van der Waals surface area contributed by atoms with E-state index in [1.54, 1.807) is 5.32 Å². The molecule has 4 N–H and O–H groups in total. The van der Waals surface area contributed by atoms with E-state index in [2.05, 4.69) is 0 Å². The SMILES string of the molecule is O=C(CNCC(F)(F)F)N[C@@H](CO)C(=O)O. The third-order valence-corrected chi connectivity index (χ3v) is 1.43. The van der Waals surface area contributed by atoms with Crippen molar-refractivity contribution in [2.45, 2.75) is 12.2 Å². The molecule has 1 atom stereocenters. The Morgan fingerprint density at radius 1 is 1.31 bits per heavy atom. The third kappa shape index (κ3) is 7.01. The Morgan fingerprint density at radius 3 is 2.25 bits per heavy atom. The second-order valence-electron chi connectivity index (χ2n) is 2.86. The maximum atomic E-state index is 11.6. The zero-order valence-electron chi connectivity index (χ0n) is 8.04. The summed E-state index contributed by atoms with van der Waals surface area (Å²) in [5, 5.41) is 20.5. The molecule has 0 saturated carbocycles. The fraction of sp³-hybridized carbons (Fsp3) is 0.714. The molecule has 94 valence electrons. The second-order valence-corrected chi connectivity index (χ2v) is 2.86. The predicted molar refractivity (Wildman–Crippen MR) is 45.6 cm³/mol. The van der Waals surface area contributed by atoms with E-state index >= 15 is 0 Å². The van der Waals surface area contributed by atoms with Crippen LogP contribution in [0.1, 0.15) is 0 Å². The zero-order chi connectivity index (χ0) is 12.8. The maximum Gasteiger partial charge on any atom is 0.401 e. The summed E-state index contributed by atoms with van der Waals surface area (Å²) < 4.78 is 34.9. The Hall–Kier alpha value is -1.35. The lowest BCUT2D eigenvalue weighted by molar-refractivity contribution is -0.143. The number of carboxylic acid groups (broad SMARTS) is 1. The first-order chi connectivity index (χ1) is 7.26. The topological polar surface area (TPSA) is 98.7 Å². The number of aliphatic hydroxyl groups is 1. The first kappa shape index (κ1) is 14.6. The van der Waals surface area contributed by atoms with Gasteiger partial charge in [-0.05, 0) is 0 Å². The van der Waals surface area contributed by atoms with Crippen molar-refractivity contribution < 1.29 is 33.0 Å². The maximum absolute atomic E-state index is 11.6. The lowest BCUT2D eigenvalue weighted by atomic mass is 10.3. The van der Waals surface area contributed by atoms with E-state index < -0.39 is 43.8 Å². The van der Waals surface area contributed by atoms with Gasteiger partial charge in [-0.1, -0.05) is 0 Å². The minimum Gasteiger partial charge on any atom is -0.480 e. The largest absolute Gasteiger partial charge is 0.480 e. The van der Waals surface area contributed by atoms with Crippen LogP contribution in [-0.2, 0) is 9.59 Å². The molecule has 0 bridgehead atoms. The summed E-state index contributed by atoms with van der Waals surface area (Å²) >= 11 is 0. The van der Waals surface area contributed by atoms with Crippen LogP contribution in [0.3, 0.4) is 0 Å². The van der Waals surface area contributed by atoms with Crippen LogP contribution in [0.5, 0.6) is 0 Å². The number of hydrogen-bond donors (Lipinski definition) is 4. The van der Waals surface area contributed by atoms with Gasteiger partial charge >= 0.3 is 12.1 Å². The van der Waals surface area contributed by atoms with Crippen LogP contribution >= 0.6 is 0 Å². The summed E-state index contributed by atoms with van der Waals surface area (Å²) in [6.45, 7) is -2.86. The molecule has 9 heteroatoms. The Labute approximate surface area is 88.4 Å². The summed E-state index contributed by atoms with van der Waals surface area (Å²) in [6, 6.07) is -1.51. The molecule has 0 saturated heterocycles. The van der Waals surface area contributed by atoms with Gasteiger partial charge in [0, 0.05) is 0 Å². The number of aliphatic carboxylic acids is 1. The quantitative estimate of drug-likeness (QED) is 0.465. The van der Waals surface area contributed by atoms with Crippen LogP contribution in [0, 0.1) is 0 Å². The van der Waals surface area contributed by atoms with Crippen molar-refractivity contribution in [3.63, 3.8) is 0 Å². The van der Waals surface area contributed by atoms with Gasteiger partial charge in [-0.2, -0.15) is 13.2 Å². The molecule has 0 aliphatic carbocycles. The number of nitrogens with one attached hydrogen (secondary N) is 2. The molecule has 0 spiro atoms. The van der Waals surface area contributed by atoms with Gasteiger partial charge in [0.25, 0.3) is 0 Å². The molecular formula is C7H11F3N2O4. The van der Waals surface area contributed by atoms with Crippen LogP contribution in [0.4, 0.5) is 13.2 Å². The molecule has 1 amide bonds. The van der Waals surface area contributed by atoms with Gasteiger partial charge in [0.1, 0.15) is 6.04 Å². The van der Waals surface area contributed by atoms with Gasteiger partial charge in [0.2, 0.25) is 5.91 Å². The van der Waals surface area contributed by atoms with E-state index in [9.17, 15) is 22.8 Å². The summed E-state index contributed by atoms with van der Waals surface area (Å²) in [5.41, 5.74) is 0. The van der Waals surface area contributed by atoms with Crippen molar-refractivity contribution in [1.82, 2.24) is 10.6 Å². The number of carbonyl (C=O) groups excluding carboxylic acids is 1. The smallest absolute Gasteiger partial charge is 0.401 e. The second kappa shape index (κ2) is 6.28. The van der Waals surface area contributed by atoms with Crippen molar-refractivity contribution >= 4 is 11.9 Å². The van der Waals surface area contributed by atoms with Gasteiger partial charge < -0.3 is 20.8 Å². The molecule has 16 heavy (non-hydrogen) atoms. The van der Waals surface area contributed by atoms with Crippen LogP contribution in [0.15, 0.2) is 0 Å². The molecule has 0 unspecified atom stereocenters. The normalized spacial score (nSPS) is 13.2. The Kier molecular flexibility index (Phi) is 5.75. The van der Waals surface area contributed by atoms with Crippen LogP contribution in [0.2, 0.25) is 0 Å². The molecule has 0 aromatic carbocycles. The van der Waals surface area contributed by atoms with E-state index in [1.165, 1.54) is 0 Å². The summed E-state index contributed by atoms with van der Waals surface area (Å²) in [4.78, 5) is 21.2. The molecule has 0 fully saturated rings. The lowest BCUT2D eigenvalue weighted by Crippen LogP contribution is -2.47. The molecule has 0 aliphatic heterocycles. The average molecular weight is 244 g/mol. The van der Waals surface area contributed by atoms with Gasteiger partial charge in [0.05, 0.1) is 19.7 Å². The molecule has 0 radical (unpaired) electrons. The summed E-state index contributed by atoms with van der Waals surface area (Å²) in [6.07, 6.45) is -4.44. The number of alkyl halides is 3. The minimum absolute atomic E-state index is 0.677. The highest BCUT2D eigenvalue weighted by atomic mass is 19.4. The number of aliphatic hydroxyl groups excluding tert-OH is 1. The number of carbonyl (C=O) groups is 2. The van der Waals surface area contributed by atoms with Crippen LogP contribution < -0.4 is 10.6 Å². The number of rotatable bonds is 6. The Balaban J connectivity index is 3.86. The number of halogens is 3. The van der Waals surface area contributed by atoms with Crippen molar-refractivity contribution in [1.29, 1.82) is 0 Å². The third-order valence-electron chi connectivity index (χ3n) is 1.43. The number of amides is 1. The highest BCUT2D eigenvalue weighted by Crippen LogP contribution is 2.11. The first-order valence-electron chi connectivity index (χ1n) is 4.16. The molecule has 0 heterocycles. The zero-order valence-corrected chi connectivity index (χ0v) is 8.04. The fourth-order valence-corrected chi connectivity index (χ4v) is 0.749. The molecule has 0 rings (SSSR count). The lowest BCUT2D eigenvalue weighted by Gasteiger charge is -2.12. The number of carboxylic acids is 1. The van der Waals surface area contributed by atoms with E-state index in [0.29, 0.717) is 0 Å². The number of hydrogen-bond acceptors (Lipinski definition) is 4. The van der Waals surface area contributed by atoms with Crippen molar-refractivity contribution in [2.75, 3.05) is 19.7 Å². The standard InChI is InChI=1S/C7H11F3N2O4/c8-7(9,10)3-11-1-5(14)12-4(2-13)6(15)16/h4,11,13H,1-3H2,(H,12,14)(H,15,16)/t4-/m0/s1. The van der Waals surface area contributed by atoms with Crippen molar-refractivity contribution in [2.24, 2.45) is 0 Å². The van der Waals surface area contributed by atoms with Crippen LogP contribution in [-0.4, -0.2) is 54.0 Å². The fourth-order valence-electron chi connectivity index (χ4n) is 0.749. The van der Waals surface area contributed by atoms with E-state index in [4.69, 9.17) is 10.2 Å². The molecule has 0 aromatic heterocycles. The summed E-state index contributed by atoms with van der Waals surface area (Å²) in [7, 11) is 0. The summed E-state index contributed by atoms with van der Waals surface area (Å²) in [5.74, 6) is -2.41. The van der Waals surface area contributed by atoms with Gasteiger partial charge in [-0.3, -0.25) is 4.79 Å². The molecular weight excluding hydrogens is 233 g/mol. The van der Waals surface area contributed by atoms with Gasteiger partial charge in [-0.15, -0.1) is 0 Å². The molecule has 0 aromatic rings. The van der Waals surface area contributed by atoms with Crippen LogP contribution in [0.25, 0.3) is 0 Å². The Bertz CT molecular complexity index is 257. The van der Waals surface area contributed by atoms with E-state index in [-0.39, 0.29) is 0 Å². The average Bonchev–Trinajstić information content (AvgIpc) is 2.11. The minimum atomic E-state index is -4.44. The van der Waals surface area contributed by atoms with Crippen molar-refractivity contribution in [3.8, 4) is 0 Å². The first-order valence-corrected chi connectivity index (χ1v) is 4.16. The highest BCUT2D eigenvalue weighted by Gasteiger charge is 2.27. The molecule has 0 aliphatic rings. The van der Waals surface area contributed by atoms with Gasteiger partial charge in [-0.25, -0.2) is 4.79 Å². The molecule has 6 nitrogen and oxygen atoms in total. The highest BCUT2D eigenvalue weighted by molar-refractivity contribution is 5.84. The van der Waals surface area contributed by atoms with Gasteiger partial charge in [0.15, 0.2) is 0 Å². The Morgan fingerprint density at radius 2 is 1.88 bits per heavy atom.